The minimum absolute atomic E-state index is 0.0285. The van der Waals surface area contributed by atoms with E-state index in [1.165, 1.54) is 5.56 Å². The highest BCUT2D eigenvalue weighted by atomic mass is 32.1. The van der Waals surface area contributed by atoms with Gasteiger partial charge < -0.3 is 10.6 Å². The van der Waals surface area contributed by atoms with Crippen LogP contribution in [-0.2, 0) is 0 Å². The van der Waals surface area contributed by atoms with Crippen LogP contribution < -0.4 is 10.6 Å². The summed E-state index contributed by atoms with van der Waals surface area (Å²) in [6, 6.07) is 8.52. The summed E-state index contributed by atoms with van der Waals surface area (Å²) in [6.45, 7) is 10.9. The van der Waals surface area contributed by atoms with Gasteiger partial charge in [0.1, 0.15) is 0 Å². The normalized spacial score (nSPS) is 12.9. The minimum atomic E-state index is 0.0285. The molecule has 0 saturated carbocycles. The molecule has 106 valence electrons. The Balaban J connectivity index is 2.61. The Morgan fingerprint density at radius 3 is 2.26 bits per heavy atom. The summed E-state index contributed by atoms with van der Waals surface area (Å²) >= 11 is 5.34. The van der Waals surface area contributed by atoms with Crippen LogP contribution in [0.5, 0.6) is 0 Å². The fraction of sp³-hybridized carbons (Fsp3) is 0.562. The van der Waals surface area contributed by atoms with E-state index in [1.807, 2.05) is 0 Å². The first-order valence-electron chi connectivity index (χ1n) is 7.07. The largest absolute Gasteiger partial charge is 0.358 e. The van der Waals surface area contributed by atoms with E-state index in [1.54, 1.807) is 0 Å². The molecular weight excluding hydrogens is 252 g/mol. The van der Waals surface area contributed by atoms with E-state index in [0.29, 0.717) is 11.0 Å². The van der Waals surface area contributed by atoms with Crippen molar-refractivity contribution in [2.45, 2.75) is 58.9 Å². The van der Waals surface area contributed by atoms with Crippen LogP contribution in [0.4, 0.5) is 5.69 Å². The van der Waals surface area contributed by atoms with Gasteiger partial charge in [-0.25, -0.2) is 0 Å². The summed E-state index contributed by atoms with van der Waals surface area (Å²) in [4.78, 5) is 0. The van der Waals surface area contributed by atoms with Crippen molar-refractivity contribution in [1.82, 2.24) is 5.32 Å². The van der Waals surface area contributed by atoms with Crippen LogP contribution >= 0.6 is 12.2 Å². The smallest absolute Gasteiger partial charge is 0.171 e. The molecule has 1 unspecified atom stereocenters. The number of hydrogen-bond donors (Lipinski definition) is 2. The van der Waals surface area contributed by atoms with E-state index < -0.39 is 0 Å². The van der Waals surface area contributed by atoms with Gasteiger partial charge in [0.05, 0.1) is 0 Å². The van der Waals surface area contributed by atoms with Gasteiger partial charge in [-0.1, -0.05) is 32.9 Å². The van der Waals surface area contributed by atoms with Crippen molar-refractivity contribution in [2.24, 2.45) is 0 Å². The van der Waals surface area contributed by atoms with Gasteiger partial charge in [-0.15, -0.1) is 0 Å². The van der Waals surface area contributed by atoms with E-state index >= 15 is 0 Å². The van der Waals surface area contributed by atoms with Gasteiger partial charge in [-0.3, -0.25) is 0 Å². The van der Waals surface area contributed by atoms with E-state index in [-0.39, 0.29) is 5.54 Å². The molecule has 2 N–H and O–H groups in total. The van der Waals surface area contributed by atoms with Crippen LogP contribution in [0.2, 0.25) is 0 Å². The molecular formula is C16H26N2S. The topological polar surface area (TPSA) is 24.1 Å². The van der Waals surface area contributed by atoms with Gasteiger partial charge in [0.25, 0.3) is 0 Å². The van der Waals surface area contributed by atoms with Gasteiger partial charge in [-0.05, 0) is 62.5 Å². The molecule has 1 rings (SSSR count). The highest BCUT2D eigenvalue weighted by Gasteiger charge is 2.15. The predicted octanol–water partition coefficient (Wildman–Crippen LogP) is 4.68. The van der Waals surface area contributed by atoms with Crippen LogP contribution in [0, 0.1) is 0 Å². The minimum Gasteiger partial charge on any atom is -0.358 e. The summed E-state index contributed by atoms with van der Waals surface area (Å²) in [5.74, 6) is 0.609. The molecule has 19 heavy (non-hydrogen) atoms. The van der Waals surface area contributed by atoms with Gasteiger partial charge in [0, 0.05) is 11.2 Å². The van der Waals surface area contributed by atoms with Crippen LogP contribution in [-0.4, -0.2) is 10.7 Å². The van der Waals surface area contributed by atoms with E-state index in [9.17, 15) is 0 Å². The molecule has 1 aromatic carbocycles. The first-order chi connectivity index (χ1) is 8.88. The highest BCUT2D eigenvalue weighted by Crippen LogP contribution is 2.20. The van der Waals surface area contributed by atoms with Gasteiger partial charge in [0.15, 0.2) is 5.11 Å². The quantitative estimate of drug-likeness (QED) is 0.765. The fourth-order valence-electron chi connectivity index (χ4n) is 1.69. The molecule has 0 aliphatic rings. The van der Waals surface area contributed by atoms with Crippen molar-refractivity contribution in [3.8, 4) is 0 Å². The predicted molar refractivity (Wildman–Crippen MR) is 88.9 cm³/mol. The molecule has 0 aliphatic heterocycles. The molecule has 0 bridgehead atoms. The second-order valence-corrected chi connectivity index (χ2v) is 6.16. The van der Waals surface area contributed by atoms with Crippen LogP contribution in [0.1, 0.15) is 58.9 Å². The van der Waals surface area contributed by atoms with Crippen molar-refractivity contribution in [1.29, 1.82) is 0 Å². The molecule has 1 atom stereocenters. The molecule has 2 nitrogen and oxygen atoms in total. The molecule has 0 amide bonds. The summed E-state index contributed by atoms with van der Waals surface area (Å²) in [7, 11) is 0. The number of hydrogen-bond acceptors (Lipinski definition) is 1. The fourth-order valence-corrected chi connectivity index (χ4v) is 2.08. The highest BCUT2D eigenvalue weighted by molar-refractivity contribution is 7.80. The SMILES string of the molecule is CCC(C)c1ccc(NC(=S)NC(C)(C)CC)cc1. The second-order valence-electron chi connectivity index (χ2n) is 5.75. The zero-order valence-corrected chi connectivity index (χ0v) is 13.5. The first-order valence-corrected chi connectivity index (χ1v) is 7.48. The zero-order valence-electron chi connectivity index (χ0n) is 12.7. The third-order valence-electron chi connectivity index (χ3n) is 3.69. The summed E-state index contributed by atoms with van der Waals surface area (Å²) < 4.78 is 0. The Labute approximate surface area is 123 Å². The molecule has 0 radical (unpaired) electrons. The third kappa shape index (κ3) is 5.19. The maximum atomic E-state index is 5.34. The van der Waals surface area contributed by atoms with Gasteiger partial charge in [-0.2, -0.15) is 0 Å². The van der Waals surface area contributed by atoms with Crippen LogP contribution in [0.25, 0.3) is 0 Å². The lowest BCUT2D eigenvalue weighted by atomic mass is 9.99. The number of thiocarbonyl (C=S) groups is 1. The van der Waals surface area contributed by atoms with E-state index in [0.717, 1.165) is 18.5 Å². The molecule has 0 heterocycles. The maximum Gasteiger partial charge on any atom is 0.171 e. The molecule has 1 aromatic rings. The molecule has 0 spiro atoms. The van der Waals surface area contributed by atoms with Crippen molar-refractivity contribution in [3.05, 3.63) is 29.8 Å². The number of benzene rings is 1. The van der Waals surface area contributed by atoms with Crippen LogP contribution in [0.3, 0.4) is 0 Å². The molecule has 3 heteroatoms. The number of anilines is 1. The Morgan fingerprint density at radius 1 is 1.21 bits per heavy atom. The zero-order chi connectivity index (χ0) is 14.5. The van der Waals surface area contributed by atoms with E-state index in [4.69, 9.17) is 12.2 Å². The average Bonchev–Trinajstić information content (AvgIpc) is 2.38. The van der Waals surface area contributed by atoms with E-state index in [2.05, 4.69) is 69.5 Å². The summed E-state index contributed by atoms with van der Waals surface area (Å²) in [6.07, 6.45) is 2.19. The third-order valence-corrected chi connectivity index (χ3v) is 3.89. The Kier molecular flexibility index (Phi) is 5.80. The summed E-state index contributed by atoms with van der Waals surface area (Å²) in [5, 5.41) is 7.24. The average molecular weight is 278 g/mol. The standard InChI is InChI=1S/C16H26N2S/c1-6-12(3)13-8-10-14(11-9-13)17-15(19)18-16(4,5)7-2/h8-12H,6-7H2,1-5H3,(H2,17,18,19). The van der Waals surface area contributed by atoms with Gasteiger partial charge in [0.2, 0.25) is 0 Å². The summed E-state index contributed by atoms with van der Waals surface area (Å²) in [5.41, 5.74) is 2.44. The lowest BCUT2D eigenvalue weighted by molar-refractivity contribution is 0.448. The van der Waals surface area contributed by atoms with Crippen LogP contribution in [0.15, 0.2) is 24.3 Å². The van der Waals surface area contributed by atoms with Crippen molar-refractivity contribution >= 4 is 23.0 Å². The molecule has 0 fully saturated rings. The lowest BCUT2D eigenvalue weighted by Gasteiger charge is -2.26. The second kappa shape index (κ2) is 6.90. The molecule has 0 aromatic heterocycles. The van der Waals surface area contributed by atoms with Crippen molar-refractivity contribution in [3.63, 3.8) is 0 Å². The Morgan fingerprint density at radius 2 is 1.79 bits per heavy atom. The number of rotatable bonds is 5. The number of nitrogens with one attached hydrogen (secondary N) is 2. The first kappa shape index (κ1) is 16.0. The lowest BCUT2D eigenvalue weighted by Crippen LogP contribution is -2.44. The maximum absolute atomic E-state index is 5.34. The monoisotopic (exact) mass is 278 g/mol. The molecule has 0 aliphatic carbocycles. The Hall–Kier alpha value is -1.09. The van der Waals surface area contributed by atoms with Gasteiger partial charge >= 0.3 is 0 Å². The Bertz CT molecular complexity index is 409. The van der Waals surface area contributed by atoms with Crippen molar-refractivity contribution in [2.75, 3.05) is 5.32 Å². The molecule has 0 saturated heterocycles. The van der Waals surface area contributed by atoms with Crippen molar-refractivity contribution < 1.29 is 0 Å².